The second-order valence-electron chi connectivity index (χ2n) is 6.78. The average molecular weight is 439 g/mol. The van der Waals surface area contributed by atoms with Gasteiger partial charge in [-0.05, 0) is 42.0 Å². The van der Waals surface area contributed by atoms with E-state index in [-0.39, 0.29) is 6.10 Å². The lowest BCUT2D eigenvalue weighted by molar-refractivity contribution is 0.0280. The zero-order valence-electron chi connectivity index (χ0n) is 16.1. The first-order valence-electron chi connectivity index (χ1n) is 9.51. The maximum atomic E-state index is 6.44. The minimum atomic E-state index is -0.246. The van der Waals surface area contributed by atoms with Crippen molar-refractivity contribution in [2.24, 2.45) is 0 Å². The number of ether oxygens (including phenoxy) is 2. The van der Waals surface area contributed by atoms with Crippen LogP contribution in [0.15, 0.2) is 91.5 Å². The number of halogens is 2. The molecule has 0 N–H and O–H groups in total. The minimum absolute atomic E-state index is 0.246. The minimum Gasteiger partial charge on any atom is -0.457 e. The molecule has 0 saturated carbocycles. The van der Waals surface area contributed by atoms with Crippen LogP contribution in [0.4, 0.5) is 0 Å². The Bertz CT molecular complexity index is 1070. The van der Waals surface area contributed by atoms with Crippen molar-refractivity contribution in [3.05, 3.63) is 113 Å². The van der Waals surface area contributed by atoms with Crippen LogP contribution in [0.5, 0.6) is 11.5 Å². The van der Waals surface area contributed by atoms with Gasteiger partial charge in [-0.2, -0.15) is 0 Å². The summed E-state index contributed by atoms with van der Waals surface area (Å²) in [6.45, 7) is 1.03. The lowest BCUT2D eigenvalue weighted by Gasteiger charge is -2.20. The monoisotopic (exact) mass is 438 g/mol. The van der Waals surface area contributed by atoms with E-state index in [1.54, 1.807) is 18.6 Å². The van der Waals surface area contributed by atoms with Gasteiger partial charge in [0, 0.05) is 28.0 Å². The van der Waals surface area contributed by atoms with Crippen LogP contribution in [0.1, 0.15) is 17.2 Å². The Balaban J connectivity index is 1.45. The summed E-state index contributed by atoms with van der Waals surface area (Å²) in [5.41, 5.74) is 1.93. The molecule has 4 rings (SSSR count). The molecule has 0 fully saturated rings. The van der Waals surface area contributed by atoms with Gasteiger partial charge in [-0.1, -0.05) is 59.6 Å². The van der Waals surface area contributed by atoms with Gasteiger partial charge in [0.15, 0.2) is 0 Å². The van der Waals surface area contributed by atoms with Crippen LogP contribution in [-0.4, -0.2) is 9.55 Å². The quantitative estimate of drug-likeness (QED) is 0.298. The van der Waals surface area contributed by atoms with Crippen molar-refractivity contribution in [1.29, 1.82) is 0 Å². The molecule has 0 aliphatic carbocycles. The lowest BCUT2D eigenvalue weighted by Crippen LogP contribution is -2.12. The molecule has 1 unspecified atom stereocenters. The summed E-state index contributed by atoms with van der Waals surface area (Å²) >= 11 is 12.5. The molecule has 0 bridgehead atoms. The molecular weight excluding hydrogens is 419 g/mol. The van der Waals surface area contributed by atoms with Crippen LogP contribution in [0.2, 0.25) is 10.0 Å². The molecule has 0 radical (unpaired) electrons. The summed E-state index contributed by atoms with van der Waals surface area (Å²) in [7, 11) is 0. The van der Waals surface area contributed by atoms with Crippen LogP contribution in [0.25, 0.3) is 0 Å². The van der Waals surface area contributed by atoms with Gasteiger partial charge in [0.2, 0.25) is 0 Å². The van der Waals surface area contributed by atoms with Gasteiger partial charge in [-0.3, -0.25) is 0 Å². The van der Waals surface area contributed by atoms with Crippen molar-refractivity contribution in [1.82, 2.24) is 9.55 Å². The van der Waals surface area contributed by atoms with E-state index in [1.165, 1.54) is 0 Å². The summed E-state index contributed by atoms with van der Waals surface area (Å²) in [5, 5.41) is 1.18. The van der Waals surface area contributed by atoms with Crippen LogP contribution < -0.4 is 4.74 Å². The molecular formula is C24H20Cl2N2O2. The smallest absolute Gasteiger partial charge is 0.127 e. The zero-order valence-corrected chi connectivity index (χ0v) is 17.6. The van der Waals surface area contributed by atoms with E-state index in [9.17, 15) is 0 Å². The molecule has 152 valence electrons. The Morgan fingerprint density at radius 3 is 2.37 bits per heavy atom. The highest BCUT2D eigenvalue weighted by Gasteiger charge is 2.17. The predicted octanol–water partition coefficient (Wildman–Crippen LogP) is 6.94. The number of para-hydroxylation sites is 1. The van der Waals surface area contributed by atoms with E-state index < -0.39 is 0 Å². The van der Waals surface area contributed by atoms with Gasteiger partial charge in [0.25, 0.3) is 0 Å². The molecule has 4 aromatic rings. The Morgan fingerprint density at radius 2 is 1.67 bits per heavy atom. The van der Waals surface area contributed by atoms with Gasteiger partial charge in [-0.15, -0.1) is 0 Å². The highest BCUT2D eigenvalue weighted by molar-refractivity contribution is 6.35. The maximum Gasteiger partial charge on any atom is 0.127 e. The third-order valence-electron chi connectivity index (χ3n) is 4.60. The molecule has 1 aromatic heterocycles. The van der Waals surface area contributed by atoms with Crippen LogP contribution in [-0.2, 0) is 17.9 Å². The second kappa shape index (κ2) is 9.81. The fourth-order valence-electron chi connectivity index (χ4n) is 3.06. The predicted molar refractivity (Wildman–Crippen MR) is 119 cm³/mol. The van der Waals surface area contributed by atoms with Crippen molar-refractivity contribution in [2.75, 3.05) is 0 Å². The Morgan fingerprint density at radius 1 is 0.900 bits per heavy atom. The molecule has 0 saturated heterocycles. The number of imidazole rings is 1. The first-order chi connectivity index (χ1) is 14.7. The fourth-order valence-corrected chi connectivity index (χ4v) is 3.60. The standard InChI is InChI=1S/C24H20Cl2N2O2/c25-19-8-11-22(23(26)14-19)24(15-28-13-12-27-17-28)29-16-18-6-9-21(10-7-18)30-20-4-2-1-3-5-20/h1-14,17,24H,15-16H2. The van der Waals surface area contributed by atoms with Gasteiger partial charge in [-0.25, -0.2) is 4.98 Å². The fraction of sp³-hybridized carbons (Fsp3) is 0.125. The Kier molecular flexibility index (Phi) is 6.70. The van der Waals surface area contributed by atoms with E-state index in [4.69, 9.17) is 32.7 Å². The third-order valence-corrected chi connectivity index (χ3v) is 5.16. The molecule has 1 atom stereocenters. The van der Waals surface area contributed by atoms with Crippen molar-refractivity contribution in [3.63, 3.8) is 0 Å². The van der Waals surface area contributed by atoms with Crippen LogP contribution in [0.3, 0.4) is 0 Å². The highest BCUT2D eigenvalue weighted by atomic mass is 35.5. The molecule has 0 aliphatic heterocycles. The van der Waals surface area contributed by atoms with E-state index in [1.807, 2.05) is 77.5 Å². The molecule has 1 heterocycles. The third kappa shape index (κ3) is 5.42. The summed E-state index contributed by atoms with van der Waals surface area (Å²) in [6, 6.07) is 23.0. The number of hydrogen-bond acceptors (Lipinski definition) is 3. The normalized spacial score (nSPS) is 11.9. The zero-order chi connectivity index (χ0) is 20.8. The molecule has 0 aliphatic rings. The summed E-state index contributed by atoms with van der Waals surface area (Å²) < 4.78 is 14.1. The maximum absolute atomic E-state index is 6.44. The Hall–Kier alpha value is -2.79. The van der Waals surface area contributed by atoms with E-state index >= 15 is 0 Å². The molecule has 0 spiro atoms. The van der Waals surface area contributed by atoms with Crippen molar-refractivity contribution < 1.29 is 9.47 Å². The van der Waals surface area contributed by atoms with Crippen molar-refractivity contribution in [2.45, 2.75) is 19.3 Å². The molecule has 30 heavy (non-hydrogen) atoms. The molecule has 3 aromatic carbocycles. The van der Waals surface area contributed by atoms with E-state index in [0.717, 1.165) is 22.6 Å². The Labute approximate surface area is 185 Å². The van der Waals surface area contributed by atoms with E-state index in [0.29, 0.717) is 23.2 Å². The highest BCUT2D eigenvalue weighted by Crippen LogP contribution is 2.30. The molecule has 0 amide bonds. The summed E-state index contributed by atoms with van der Waals surface area (Å²) in [6.07, 6.45) is 5.15. The van der Waals surface area contributed by atoms with Gasteiger partial charge in [0.1, 0.15) is 17.6 Å². The van der Waals surface area contributed by atoms with Gasteiger partial charge < -0.3 is 14.0 Å². The first kappa shape index (κ1) is 20.5. The van der Waals surface area contributed by atoms with E-state index in [2.05, 4.69) is 4.98 Å². The van der Waals surface area contributed by atoms with Crippen LogP contribution >= 0.6 is 23.2 Å². The van der Waals surface area contributed by atoms with Gasteiger partial charge >= 0.3 is 0 Å². The van der Waals surface area contributed by atoms with Crippen molar-refractivity contribution >= 4 is 23.2 Å². The van der Waals surface area contributed by atoms with Crippen LogP contribution in [0, 0.1) is 0 Å². The number of nitrogens with zero attached hydrogens (tertiary/aromatic N) is 2. The topological polar surface area (TPSA) is 36.3 Å². The second-order valence-corrected chi connectivity index (χ2v) is 7.63. The van der Waals surface area contributed by atoms with Crippen molar-refractivity contribution in [3.8, 4) is 11.5 Å². The first-order valence-corrected chi connectivity index (χ1v) is 10.3. The summed E-state index contributed by atoms with van der Waals surface area (Å²) in [4.78, 5) is 4.11. The molecule has 4 nitrogen and oxygen atoms in total. The number of hydrogen-bond donors (Lipinski definition) is 0. The molecule has 6 heteroatoms. The number of aromatic nitrogens is 2. The lowest BCUT2D eigenvalue weighted by atomic mass is 10.1. The SMILES string of the molecule is Clc1ccc(C(Cn2ccnc2)OCc2ccc(Oc3ccccc3)cc2)c(Cl)c1. The number of rotatable bonds is 8. The van der Waals surface area contributed by atoms with Gasteiger partial charge in [0.05, 0.1) is 19.5 Å². The largest absolute Gasteiger partial charge is 0.457 e. The summed E-state index contributed by atoms with van der Waals surface area (Å²) in [5.74, 6) is 1.58. The average Bonchev–Trinajstić information content (AvgIpc) is 3.26. The number of benzene rings is 3.